The van der Waals surface area contributed by atoms with Crippen LogP contribution in [0.3, 0.4) is 0 Å². The van der Waals surface area contributed by atoms with Crippen molar-refractivity contribution in [1.82, 2.24) is 25.8 Å². The van der Waals surface area contributed by atoms with Crippen LogP contribution in [0.2, 0.25) is 0 Å². The third-order valence-corrected chi connectivity index (χ3v) is 8.98. The fourth-order valence-electron chi connectivity index (χ4n) is 6.11. The van der Waals surface area contributed by atoms with E-state index in [2.05, 4.69) is 16.0 Å². The maximum absolute atomic E-state index is 14.4. The summed E-state index contributed by atoms with van der Waals surface area (Å²) >= 11 is 0. The normalized spacial score (nSPS) is 22.4. The predicted octanol–water partition coefficient (Wildman–Crippen LogP) is 3.08. The lowest BCUT2D eigenvalue weighted by Gasteiger charge is -2.33. The molecular weight excluding hydrogens is 598 g/mol. The molecule has 1 fully saturated rings. The largest absolute Gasteiger partial charge is 0.507 e. The third-order valence-electron chi connectivity index (χ3n) is 8.98. The molecule has 2 aliphatic rings. The first-order chi connectivity index (χ1) is 22.4. The van der Waals surface area contributed by atoms with E-state index < -0.39 is 42.1 Å². The molecule has 2 aliphatic heterocycles. The van der Waals surface area contributed by atoms with Gasteiger partial charge in [0.25, 0.3) is 0 Å². The number of hydrogen-bond donors (Lipinski definition) is 4. The summed E-state index contributed by atoms with van der Waals surface area (Å²) in [5.41, 5.74) is 1.43. The number of likely N-dealkylation sites (N-methyl/N-ethyl adjacent to an activating group) is 1. The van der Waals surface area contributed by atoms with Gasteiger partial charge < -0.3 is 30.7 Å². The van der Waals surface area contributed by atoms with E-state index in [0.717, 1.165) is 5.56 Å². The van der Waals surface area contributed by atoms with Gasteiger partial charge in [-0.1, -0.05) is 64.4 Å². The number of ether oxygens (including phenoxy) is 1. The molecule has 4 N–H and O–H groups in total. The highest BCUT2D eigenvalue weighted by Crippen LogP contribution is 2.30. The van der Waals surface area contributed by atoms with Crippen LogP contribution in [0.5, 0.6) is 11.5 Å². The number of rotatable bonds is 10. The van der Waals surface area contributed by atoms with Crippen molar-refractivity contribution in [1.29, 1.82) is 0 Å². The molecule has 1 saturated heterocycles. The van der Waals surface area contributed by atoms with E-state index in [0.29, 0.717) is 37.0 Å². The van der Waals surface area contributed by atoms with Gasteiger partial charge in [0.15, 0.2) is 0 Å². The summed E-state index contributed by atoms with van der Waals surface area (Å²) < 4.78 is 6.33. The number of nitrogens with one attached hydrogen (secondary N) is 3. The monoisotopic (exact) mass is 647 g/mol. The Morgan fingerprint density at radius 3 is 2.47 bits per heavy atom. The van der Waals surface area contributed by atoms with Gasteiger partial charge in [-0.05, 0) is 68.6 Å². The van der Waals surface area contributed by atoms with Crippen LogP contribution >= 0.6 is 0 Å². The van der Waals surface area contributed by atoms with E-state index in [-0.39, 0.29) is 35.9 Å². The van der Waals surface area contributed by atoms with Gasteiger partial charge in [-0.2, -0.15) is 0 Å². The summed E-state index contributed by atoms with van der Waals surface area (Å²) in [7, 11) is 3.67. The van der Waals surface area contributed by atoms with Crippen LogP contribution in [-0.2, 0) is 25.6 Å². The molecule has 254 valence electrons. The van der Waals surface area contributed by atoms with Crippen LogP contribution in [0.4, 0.5) is 0 Å². The van der Waals surface area contributed by atoms with Gasteiger partial charge in [0.2, 0.25) is 23.6 Å². The van der Waals surface area contributed by atoms with Gasteiger partial charge in [-0.3, -0.25) is 24.1 Å². The second-order valence-electron chi connectivity index (χ2n) is 13.2. The number of fused-ring (bicyclic) bond motifs is 3. The summed E-state index contributed by atoms with van der Waals surface area (Å²) in [6.07, 6.45) is 4.07. The maximum atomic E-state index is 14.4. The topological polar surface area (TPSA) is 140 Å². The molecule has 2 aromatic rings. The highest BCUT2D eigenvalue weighted by Gasteiger charge is 2.46. The lowest BCUT2D eigenvalue weighted by molar-refractivity contribution is -0.144. The number of aromatic hydroxyl groups is 1. The summed E-state index contributed by atoms with van der Waals surface area (Å²) in [4.78, 5) is 58.9. The molecule has 4 rings (SSSR count). The quantitative estimate of drug-likeness (QED) is 0.311. The maximum Gasteiger partial charge on any atom is 0.247 e. The number of hydrogen-bond acceptors (Lipinski definition) is 7. The minimum atomic E-state index is -1.06. The van der Waals surface area contributed by atoms with E-state index in [1.54, 1.807) is 18.2 Å². The van der Waals surface area contributed by atoms with E-state index in [1.165, 1.54) is 17.2 Å². The first-order valence-corrected chi connectivity index (χ1v) is 16.5. The van der Waals surface area contributed by atoms with Crippen molar-refractivity contribution in [3.8, 4) is 11.5 Å². The van der Waals surface area contributed by atoms with Crippen molar-refractivity contribution in [3.05, 3.63) is 65.9 Å². The summed E-state index contributed by atoms with van der Waals surface area (Å²) in [6.45, 7) is 7.98. The fourth-order valence-corrected chi connectivity index (χ4v) is 6.11. The molecule has 11 heteroatoms. The van der Waals surface area contributed by atoms with E-state index in [9.17, 15) is 24.3 Å². The molecule has 0 unspecified atom stereocenters. The van der Waals surface area contributed by atoms with Crippen molar-refractivity contribution in [2.75, 3.05) is 20.6 Å². The number of carbonyl (C=O) groups is 4. The van der Waals surface area contributed by atoms with Crippen molar-refractivity contribution < 1.29 is 29.0 Å². The van der Waals surface area contributed by atoms with Crippen molar-refractivity contribution in [3.63, 3.8) is 0 Å². The second-order valence-corrected chi connectivity index (χ2v) is 13.2. The molecule has 0 spiro atoms. The second kappa shape index (κ2) is 15.9. The molecule has 2 heterocycles. The highest BCUT2D eigenvalue weighted by molar-refractivity contribution is 5.96. The molecule has 0 radical (unpaired) electrons. The number of phenolic OH excluding ortho intramolecular Hbond substituents is 1. The van der Waals surface area contributed by atoms with Gasteiger partial charge in [0.05, 0.1) is 6.04 Å². The third kappa shape index (κ3) is 8.91. The Labute approximate surface area is 277 Å². The number of phenols is 1. The zero-order chi connectivity index (χ0) is 34.2. The number of benzene rings is 2. The van der Waals surface area contributed by atoms with Crippen LogP contribution in [-0.4, -0.2) is 89.4 Å². The smallest absolute Gasteiger partial charge is 0.247 e. The van der Waals surface area contributed by atoms with Gasteiger partial charge in [-0.15, -0.1) is 0 Å². The molecule has 4 amide bonds. The van der Waals surface area contributed by atoms with E-state index in [1.807, 2.05) is 77.0 Å². The molecule has 11 nitrogen and oxygen atoms in total. The van der Waals surface area contributed by atoms with Crippen LogP contribution < -0.4 is 20.7 Å². The SMILES string of the molecule is CC[C@H](C)[C@@H]1NC(=O)[C@H]2[C@@H](CCN2C(=O)[C@H](CC(C)C)NC(=O)[C@H](Cc2ccccc2)N(C)C)Oc2ccc(O)c(c2)/C=C\NC1=O. The average Bonchev–Trinajstić information content (AvgIpc) is 3.45. The zero-order valence-electron chi connectivity index (χ0n) is 28.2. The molecular formula is C36H49N5O6. The van der Waals surface area contributed by atoms with Crippen LogP contribution in [0.15, 0.2) is 54.7 Å². The molecule has 0 aliphatic carbocycles. The van der Waals surface area contributed by atoms with E-state index in [4.69, 9.17) is 4.74 Å². The van der Waals surface area contributed by atoms with Crippen molar-refractivity contribution in [2.24, 2.45) is 11.8 Å². The fraction of sp³-hybridized carbons (Fsp3) is 0.500. The van der Waals surface area contributed by atoms with Crippen molar-refractivity contribution in [2.45, 2.75) is 83.6 Å². The Balaban J connectivity index is 1.66. The molecule has 2 bridgehead atoms. The molecule has 47 heavy (non-hydrogen) atoms. The van der Waals surface area contributed by atoms with Gasteiger partial charge in [-0.25, -0.2) is 0 Å². The van der Waals surface area contributed by atoms with Gasteiger partial charge in [0, 0.05) is 24.7 Å². The standard InChI is InChI=1S/C36H49N5O6/c1-7-23(4)31-34(44)37-17-15-25-21-26(13-14-29(25)42)47-30-16-18-41(32(30)35(45)39-31)36(46)27(19-22(2)3)38-33(43)28(40(5)6)20-24-11-9-8-10-12-24/h8-15,17,21-23,27-28,30-32,42H,7,16,18-20H2,1-6H3,(H,37,44)(H,38,43)(H,39,45)/b17-15-/t23-,27-,28-,30+,31-,32+/m0/s1. The van der Waals surface area contributed by atoms with Crippen LogP contribution in [0.1, 0.15) is 58.1 Å². The Bertz CT molecular complexity index is 1440. The number of nitrogens with zero attached hydrogens (tertiary/aromatic N) is 2. The Hall–Kier alpha value is -4.38. The highest BCUT2D eigenvalue weighted by atomic mass is 16.5. The Morgan fingerprint density at radius 1 is 1.09 bits per heavy atom. The zero-order valence-corrected chi connectivity index (χ0v) is 28.2. The Morgan fingerprint density at radius 2 is 1.81 bits per heavy atom. The lowest BCUT2D eigenvalue weighted by Crippen LogP contribution is -2.60. The van der Waals surface area contributed by atoms with Crippen LogP contribution in [0, 0.1) is 11.8 Å². The van der Waals surface area contributed by atoms with Crippen LogP contribution in [0.25, 0.3) is 6.08 Å². The van der Waals surface area contributed by atoms with E-state index >= 15 is 0 Å². The van der Waals surface area contributed by atoms with Gasteiger partial charge >= 0.3 is 0 Å². The molecule has 0 aromatic heterocycles. The minimum Gasteiger partial charge on any atom is -0.507 e. The number of amides is 4. The van der Waals surface area contributed by atoms with Crippen molar-refractivity contribution >= 4 is 29.7 Å². The minimum absolute atomic E-state index is 0.000682. The summed E-state index contributed by atoms with van der Waals surface area (Å²) in [6, 6.07) is 11.1. The summed E-state index contributed by atoms with van der Waals surface area (Å²) in [5.74, 6) is -1.30. The number of carbonyl (C=O) groups excluding carboxylic acids is 4. The lowest BCUT2D eigenvalue weighted by atomic mass is 9.97. The first kappa shape index (κ1) is 35.5. The number of likely N-dealkylation sites (tertiary alicyclic amines) is 1. The molecule has 2 aromatic carbocycles. The average molecular weight is 648 g/mol. The molecule has 0 saturated carbocycles. The predicted molar refractivity (Wildman–Crippen MR) is 180 cm³/mol. The van der Waals surface area contributed by atoms with Gasteiger partial charge in [0.1, 0.15) is 35.7 Å². The Kier molecular flexibility index (Phi) is 12.0. The first-order valence-electron chi connectivity index (χ1n) is 16.5. The summed E-state index contributed by atoms with van der Waals surface area (Å²) in [5, 5.41) is 19.1. The molecule has 6 atom stereocenters.